The third-order valence-corrected chi connectivity index (χ3v) is 5.77. The van der Waals surface area contributed by atoms with E-state index in [1.807, 2.05) is 0 Å². The molecule has 8 heteroatoms. The number of nitrogens with zero attached hydrogens (tertiary/aromatic N) is 1. The highest BCUT2D eigenvalue weighted by Crippen LogP contribution is 2.26. The number of aromatic carboxylic acids is 1. The van der Waals surface area contributed by atoms with E-state index in [2.05, 4.69) is 0 Å². The number of hydrogen-bond donors (Lipinski definition) is 1. The van der Waals surface area contributed by atoms with Crippen molar-refractivity contribution in [3.8, 4) is 11.1 Å². The summed E-state index contributed by atoms with van der Waals surface area (Å²) in [6.45, 7) is 0. The fraction of sp³-hybridized carbons (Fsp3) is 0. The topological polar surface area (TPSA) is 115 Å². The van der Waals surface area contributed by atoms with Crippen molar-refractivity contribution in [2.45, 2.75) is 9.79 Å². The van der Waals surface area contributed by atoms with E-state index in [4.69, 9.17) is 5.11 Å². The van der Waals surface area contributed by atoms with Gasteiger partial charge in [0, 0.05) is 12.1 Å². The summed E-state index contributed by atoms with van der Waals surface area (Å²) >= 11 is 0. The van der Waals surface area contributed by atoms with Crippen LogP contribution in [0.25, 0.3) is 11.1 Å². The zero-order valence-electron chi connectivity index (χ0n) is 13.8. The summed E-state index contributed by atoms with van der Waals surface area (Å²) in [4.78, 5) is 21.1. The van der Waals surface area contributed by atoms with Gasteiger partial charge >= 0.3 is 5.97 Å². The Kier molecular flexibility index (Phi) is 4.74. The van der Waals surface area contributed by atoms with Crippen molar-refractivity contribution < 1.29 is 23.2 Å². The Morgan fingerprint density at radius 1 is 0.778 bits per heavy atom. The molecule has 0 fully saturated rings. The first kappa shape index (κ1) is 18.3. The third kappa shape index (κ3) is 3.70. The maximum Gasteiger partial charge on any atom is 0.335 e. The van der Waals surface area contributed by atoms with Crippen LogP contribution in [0, 0.1) is 10.1 Å². The molecule has 3 aromatic carbocycles. The van der Waals surface area contributed by atoms with E-state index in [-0.39, 0.29) is 21.0 Å². The second-order valence-corrected chi connectivity index (χ2v) is 7.61. The number of carbonyl (C=O) groups is 1. The smallest absolute Gasteiger partial charge is 0.335 e. The molecular formula is C19H13NO6S. The largest absolute Gasteiger partial charge is 0.478 e. The molecule has 0 radical (unpaired) electrons. The van der Waals surface area contributed by atoms with Gasteiger partial charge in [0.05, 0.1) is 20.3 Å². The number of non-ortho nitro benzene ring substituents is 1. The van der Waals surface area contributed by atoms with Gasteiger partial charge in [-0.1, -0.05) is 12.1 Å². The van der Waals surface area contributed by atoms with Crippen molar-refractivity contribution in [2.75, 3.05) is 0 Å². The normalized spacial score (nSPS) is 11.1. The summed E-state index contributed by atoms with van der Waals surface area (Å²) in [5.41, 5.74) is 1.41. The van der Waals surface area contributed by atoms with Crippen LogP contribution in [0.15, 0.2) is 82.6 Å². The molecule has 27 heavy (non-hydrogen) atoms. The molecule has 0 bridgehead atoms. The Morgan fingerprint density at radius 3 is 1.59 bits per heavy atom. The minimum atomic E-state index is -3.78. The molecule has 0 atom stereocenters. The van der Waals surface area contributed by atoms with Gasteiger partial charge in [-0.25, -0.2) is 13.2 Å². The summed E-state index contributed by atoms with van der Waals surface area (Å²) < 4.78 is 25.3. The molecule has 1 N–H and O–H groups in total. The van der Waals surface area contributed by atoms with Gasteiger partial charge in [0.1, 0.15) is 0 Å². The van der Waals surface area contributed by atoms with Gasteiger partial charge in [-0.05, 0) is 59.7 Å². The van der Waals surface area contributed by atoms with Crippen molar-refractivity contribution in [1.29, 1.82) is 0 Å². The van der Waals surface area contributed by atoms with Crippen molar-refractivity contribution >= 4 is 21.5 Å². The third-order valence-electron chi connectivity index (χ3n) is 3.99. The van der Waals surface area contributed by atoms with E-state index in [9.17, 15) is 23.3 Å². The van der Waals surface area contributed by atoms with Gasteiger partial charge in [-0.3, -0.25) is 10.1 Å². The fourth-order valence-corrected chi connectivity index (χ4v) is 3.78. The Balaban J connectivity index is 1.89. The van der Waals surface area contributed by atoms with Crippen LogP contribution in [0.4, 0.5) is 5.69 Å². The molecule has 3 rings (SSSR count). The number of carboxylic acid groups (broad SMARTS) is 1. The van der Waals surface area contributed by atoms with Crippen molar-refractivity contribution in [3.05, 3.63) is 88.5 Å². The van der Waals surface area contributed by atoms with E-state index >= 15 is 0 Å². The molecule has 7 nitrogen and oxygen atoms in total. The Labute approximate surface area is 154 Å². The number of carboxylic acids is 1. The van der Waals surface area contributed by atoms with Gasteiger partial charge < -0.3 is 5.11 Å². The van der Waals surface area contributed by atoms with Crippen LogP contribution in [0.5, 0.6) is 0 Å². The van der Waals surface area contributed by atoms with E-state index in [1.165, 1.54) is 48.5 Å². The Bertz CT molecular complexity index is 1100. The molecule has 0 saturated heterocycles. The lowest BCUT2D eigenvalue weighted by Gasteiger charge is -2.07. The lowest BCUT2D eigenvalue weighted by Crippen LogP contribution is -2.03. The van der Waals surface area contributed by atoms with Gasteiger partial charge in [-0.2, -0.15) is 0 Å². The molecule has 0 aromatic heterocycles. The van der Waals surface area contributed by atoms with Gasteiger partial charge in [-0.15, -0.1) is 0 Å². The maximum atomic E-state index is 12.7. The molecule has 0 heterocycles. The first-order valence-electron chi connectivity index (χ1n) is 7.72. The average molecular weight is 383 g/mol. The number of benzene rings is 3. The van der Waals surface area contributed by atoms with Crippen LogP contribution in [0.1, 0.15) is 10.4 Å². The molecule has 136 valence electrons. The van der Waals surface area contributed by atoms with Crippen LogP contribution in [0.3, 0.4) is 0 Å². The van der Waals surface area contributed by atoms with Crippen LogP contribution in [-0.4, -0.2) is 24.4 Å². The molecule has 0 aliphatic carbocycles. The van der Waals surface area contributed by atoms with E-state index in [0.29, 0.717) is 5.56 Å². The first-order valence-corrected chi connectivity index (χ1v) is 9.21. The van der Waals surface area contributed by atoms with Crippen LogP contribution in [0.2, 0.25) is 0 Å². The molecule has 0 unspecified atom stereocenters. The summed E-state index contributed by atoms with van der Waals surface area (Å²) in [6, 6.07) is 17.0. The number of hydrogen-bond acceptors (Lipinski definition) is 5. The highest BCUT2D eigenvalue weighted by atomic mass is 32.2. The fourth-order valence-electron chi connectivity index (χ4n) is 2.51. The van der Waals surface area contributed by atoms with Crippen LogP contribution in [-0.2, 0) is 9.84 Å². The van der Waals surface area contributed by atoms with Crippen LogP contribution < -0.4 is 0 Å². The number of rotatable bonds is 5. The summed E-state index contributed by atoms with van der Waals surface area (Å²) in [5.74, 6) is -1.13. The number of sulfone groups is 1. The first-order chi connectivity index (χ1) is 12.8. The number of nitro groups is 1. The second kappa shape index (κ2) is 7.00. The highest BCUT2D eigenvalue weighted by molar-refractivity contribution is 7.91. The molecule has 0 amide bonds. The van der Waals surface area contributed by atoms with Crippen molar-refractivity contribution in [2.24, 2.45) is 0 Å². The standard InChI is InChI=1S/C19H13NO6S/c21-19(22)15-5-11-18(12-6-15)27(25,26)17-9-3-14(4-10-17)13-1-7-16(8-2-13)20(23)24/h1-12H,(H,21,22). The maximum absolute atomic E-state index is 12.7. The molecule has 0 aliphatic heterocycles. The summed E-state index contributed by atoms with van der Waals surface area (Å²) in [5, 5.41) is 19.6. The van der Waals surface area contributed by atoms with Crippen molar-refractivity contribution in [3.63, 3.8) is 0 Å². The van der Waals surface area contributed by atoms with Gasteiger partial charge in [0.15, 0.2) is 0 Å². The summed E-state index contributed by atoms with van der Waals surface area (Å²) in [7, 11) is -3.78. The van der Waals surface area contributed by atoms with Crippen LogP contribution >= 0.6 is 0 Å². The van der Waals surface area contributed by atoms with Gasteiger partial charge in [0.2, 0.25) is 9.84 Å². The van der Waals surface area contributed by atoms with Gasteiger partial charge in [0.25, 0.3) is 5.69 Å². The van der Waals surface area contributed by atoms with E-state index < -0.39 is 20.7 Å². The Hall–Kier alpha value is -3.52. The lowest BCUT2D eigenvalue weighted by molar-refractivity contribution is -0.384. The molecule has 0 saturated carbocycles. The predicted octanol–water partition coefficient (Wildman–Crippen LogP) is 3.79. The van der Waals surface area contributed by atoms with Crippen molar-refractivity contribution in [1.82, 2.24) is 0 Å². The molecule has 0 aliphatic rings. The molecule has 0 spiro atoms. The molecular weight excluding hydrogens is 370 g/mol. The van der Waals surface area contributed by atoms with E-state index in [1.54, 1.807) is 24.3 Å². The zero-order valence-corrected chi connectivity index (χ0v) is 14.6. The second-order valence-electron chi connectivity index (χ2n) is 5.66. The predicted molar refractivity (Wildman–Crippen MR) is 97.4 cm³/mol. The number of nitro benzene ring substituents is 1. The summed E-state index contributed by atoms with van der Waals surface area (Å²) in [6.07, 6.45) is 0. The molecule has 3 aromatic rings. The highest BCUT2D eigenvalue weighted by Gasteiger charge is 2.18. The lowest BCUT2D eigenvalue weighted by atomic mass is 10.1. The minimum absolute atomic E-state index is 0.00229. The minimum Gasteiger partial charge on any atom is -0.478 e. The average Bonchev–Trinajstić information content (AvgIpc) is 2.68. The van der Waals surface area contributed by atoms with E-state index in [0.717, 1.165) is 5.56 Å². The zero-order chi connectivity index (χ0) is 19.6. The Morgan fingerprint density at radius 2 is 1.19 bits per heavy atom. The monoisotopic (exact) mass is 383 g/mol. The quantitative estimate of drug-likeness (QED) is 0.529. The SMILES string of the molecule is O=C(O)c1ccc(S(=O)(=O)c2ccc(-c3ccc([N+](=O)[O-])cc3)cc2)cc1.